The number of hydrogen-bond donors (Lipinski definition) is 1. The highest BCUT2D eigenvalue weighted by molar-refractivity contribution is 8.00. The van der Waals surface area contributed by atoms with Crippen LogP contribution < -0.4 is 5.32 Å². The summed E-state index contributed by atoms with van der Waals surface area (Å²) in [6, 6.07) is 0.328. The van der Waals surface area contributed by atoms with Crippen LogP contribution in [0.4, 0.5) is 0 Å². The lowest BCUT2D eigenvalue weighted by molar-refractivity contribution is -0.122. The molecule has 2 rings (SSSR count). The number of thioether (sulfide) groups is 1. The van der Waals surface area contributed by atoms with Crippen molar-refractivity contribution in [3.8, 4) is 0 Å². The summed E-state index contributed by atoms with van der Waals surface area (Å²) in [5, 5.41) is 3.31. The van der Waals surface area contributed by atoms with Gasteiger partial charge < -0.3 is 5.32 Å². The third kappa shape index (κ3) is 4.48. The Bertz CT molecular complexity index is 519. The van der Waals surface area contributed by atoms with Gasteiger partial charge in [0.2, 0.25) is 5.91 Å². The first-order chi connectivity index (χ1) is 10.3. The van der Waals surface area contributed by atoms with Gasteiger partial charge in [-0.3, -0.25) is 4.79 Å². The first kappa shape index (κ1) is 17.8. The van der Waals surface area contributed by atoms with Crippen molar-refractivity contribution in [2.24, 2.45) is 11.3 Å². The maximum atomic E-state index is 12.5. The van der Waals surface area contributed by atoms with E-state index in [2.05, 4.69) is 31.1 Å². The Hall–Kier alpha value is -0.550. The van der Waals surface area contributed by atoms with Crippen LogP contribution in [0.1, 0.15) is 57.0 Å². The molecule has 1 aliphatic carbocycles. The van der Waals surface area contributed by atoms with Crippen LogP contribution in [0.5, 0.6) is 0 Å². The zero-order chi connectivity index (χ0) is 16.3. The fourth-order valence-electron chi connectivity index (χ4n) is 3.40. The molecule has 0 unspecified atom stereocenters. The first-order valence-electron chi connectivity index (χ1n) is 8.11. The first-order valence-corrected chi connectivity index (χ1v) is 10.1. The van der Waals surface area contributed by atoms with E-state index in [0.29, 0.717) is 18.4 Å². The van der Waals surface area contributed by atoms with E-state index in [-0.39, 0.29) is 11.3 Å². The molecule has 22 heavy (non-hydrogen) atoms. The summed E-state index contributed by atoms with van der Waals surface area (Å²) < 4.78 is 1.05. The third-order valence-corrected chi connectivity index (χ3v) is 6.74. The number of rotatable bonds is 4. The van der Waals surface area contributed by atoms with E-state index in [9.17, 15) is 4.79 Å². The van der Waals surface area contributed by atoms with Gasteiger partial charge in [-0.1, -0.05) is 45.4 Å². The molecule has 3 nitrogen and oxygen atoms in total. The smallest absolute Gasteiger partial charge is 0.225 e. The standard InChI is InChI=1S/C17H28N2OS2/c1-11-14(22-16(18-11)21-5)10-15(20)19-13-9-7-6-8-12(13)17(2,3)4/h12-13H,6-10H2,1-5H3,(H,19,20)/t12-,13-/m0/s1. The van der Waals surface area contributed by atoms with Crippen LogP contribution in [0.3, 0.4) is 0 Å². The fraction of sp³-hybridized carbons (Fsp3) is 0.765. The molecule has 1 aromatic heterocycles. The monoisotopic (exact) mass is 340 g/mol. The maximum Gasteiger partial charge on any atom is 0.225 e. The van der Waals surface area contributed by atoms with E-state index in [0.717, 1.165) is 21.3 Å². The molecule has 0 saturated heterocycles. The average Bonchev–Trinajstić information content (AvgIpc) is 2.78. The Labute approximate surface area is 142 Å². The molecule has 5 heteroatoms. The number of nitrogens with one attached hydrogen (secondary N) is 1. The summed E-state index contributed by atoms with van der Waals surface area (Å²) in [5.41, 5.74) is 1.26. The molecule has 1 aromatic rings. The van der Waals surface area contributed by atoms with Gasteiger partial charge in [0.25, 0.3) is 0 Å². The number of carbonyl (C=O) groups excluding carboxylic acids is 1. The second-order valence-electron chi connectivity index (χ2n) is 7.30. The number of thiazole rings is 1. The van der Waals surface area contributed by atoms with Gasteiger partial charge in [-0.15, -0.1) is 11.3 Å². The second-order valence-corrected chi connectivity index (χ2v) is 9.44. The van der Waals surface area contributed by atoms with E-state index in [1.54, 1.807) is 23.1 Å². The zero-order valence-corrected chi connectivity index (χ0v) is 16.0. The minimum atomic E-state index is 0.153. The Morgan fingerprint density at radius 3 is 2.64 bits per heavy atom. The Balaban J connectivity index is 1.99. The van der Waals surface area contributed by atoms with Crippen molar-refractivity contribution in [1.82, 2.24) is 10.3 Å². The van der Waals surface area contributed by atoms with Crippen LogP contribution in [0.25, 0.3) is 0 Å². The van der Waals surface area contributed by atoms with Crippen molar-refractivity contribution in [2.75, 3.05) is 6.26 Å². The molecule has 0 spiro atoms. The highest BCUT2D eigenvalue weighted by Gasteiger charge is 2.34. The lowest BCUT2D eigenvalue weighted by atomic mass is 9.69. The summed E-state index contributed by atoms with van der Waals surface area (Å²) in [6.07, 6.45) is 7.36. The van der Waals surface area contributed by atoms with Gasteiger partial charge in [0.1, 0.15) is 4.34 Å². The second kappa shape index (κ2) is 7.35. The average molecular weight is 341 g/mol. The number of aryl methyl sites for hydroxylation is 1. The molecule has 1 saturated carbocycles. The predicted octanol–water partition coefficient (Wildman–Crippen LogP) is 4.44. The molecule has 2 atom stereocenters. The van der Waals surface area contributed by atoms with Crippen molar-refractivity contribution in [3.05, 3.63) is 10.6 Å². The van der Waals surface area contributed by atoms with Crippen molar-refractivity contribution < 1.29 is 4.79 Å². The van der Waals surface area contributed by atoms with Gasteiger partial charge >= 0.3 is 0 Å². The molecule has 1 amide bonds. The molecular formula is C17H28N2OS2. The van der Waals surface area contributed by atoms with Crippen molar-refractivity contribution >= 4 is 29.0 Å². The van der Waals surface area contributed by atoms with Crippen LogP contribution in [0.15, 0.2) is 4.34 Å². The lowest BCUT2D eigenvalue weighted by Gasteiger charge is -2.40. The minimum absolute atomic E-state index is 0.153. The van der Waals surface area contributed by atoms with Crippen molar-refractivity contribution in [2.45, 2.75) is 70.2 Å². The van der Waals surface area contributed by atoms with Gasteiger partial charge in [0, 0.05) is 10.9 Å². The van der Waals surface area contributed by atoms with Crippen LogP contribution in [0, 0.1) is 18.3 Å². The van der Waals surface area contributed by atoms with E-state index in [1.807, 2.05) is 13.2 Å². The number of nitrogens with zero attached hydrogens (tertiary/aromatic N) is 1. The highest BCUT2D eigenvalue weighted by atomic mass is 32.2. The van der Waals surface area contributed by atoms with E-state index in [1.165, 1.54) is 19.3 Å². The molecule has 1 aliphatic rings. The molecule has 1 heterocycles. The summed E-state index contributed by atoms with van der Waals surface area (Å²) in [5.74, 6) is 0.732. The van der Waals surface area contributed by atoms with Gasteiger partial charge in [-0.25, -0.2) is 4.98 Å². The van der Waals surface area contributed by atoms with E-state index >= 15 is 0 Å². The molecule has 1 N–H and O–H groups in total. The SMILES string of the molecule is CSc1nc(C)c(CC(=O)N[C@H]2CCCC[C@@H]2C(C)(C)C)s1. The highest BCUT2D eigenvalue weighted by Crippen LogP contribution is 2.38. The van der Waals surface area contributed by atoms with Gasteiger partial charge in [0.05, 0.1) is 12.1 Å². The Morgan fingerprint density at radius 2 is 2.05 bits per heavy atom. The van der Waals surface area contributed by atoms with Crippen LogP contribution in [-0.2, 0) is 11.2 Å². The number of aromatic nitrogens is 1. The van der Waals surface area contributed by atoms with Crippen LogP contribution in [0.2, 0.25) is 0 Å². The number of carbonyl (C=O) groups is 1. The summed E-state index contributed by atoms with van der Waals surface area (Å²) in [7, 11) is 0. The van der Waals surface area contributed by atoms with Crippen molar-refractivity contribution in [3.63, 3.8) is 0 Å². The molecule has 0 bridgehead atoms. The molecule has 0 radical (unpaired) electrons. The van der Waals surface area contributed by atoms with Gasteiger partial charge in [-0.05, 0) is 37.4 Å². The van der Waals surface area contributed by atoms with Gasteiger partial charge in [-0.2, -0.15) is 0 Å². The van der Waals surface area contributed by atoms with Crippen molar-refractivity contribution in [1.29, 1.82) is 0 Å². The quantitative estimate of drug-likeness (QED) is 0.824. The van der Waals surface area contributed by atoms with Crippen LogP contribution in [-0.4, -0.2) is 23.2 Å². The zero-order valence-electron chi connectivity index (χ0n) is 14.4. The minimum Gasteiger partial charge on any atom is -0.353 e. The molecular weight excluding hydrogens is 312 g/mol. The Kier molecular flexibility index (Phi) is 5.94. The summed E-state index contributed by atoms with van der Waals surface area (Å²) >= 11 is 3.29. The normalized spacial score (nSPS) is 22.6. The summed E-state index contributed by atoms with van der Waals surface area (Å²) in [4.78, 5) is 18.1. The Morgan fingerprint density at radius 1 is 1.36 bits per heavy atom. The third-order valence-electron chi connectivity index (χ3n) is 4.59. The topological polar surface area (TPSA) is 42.0 Å². The lowest BCUT2D eigenvalue weighted by Crippen LogP contribution is -2.47. The maximum absolute atomic E-state index is 12.5. The molecule has 0 aromatic carbocycles. The van der Waals surface area contributed by atoms with E-state index in [4.69, 9.17) is 0 Å². The van der Waals surface area contributed by atoms with Crippen LogP contribution >= 0.6 is 23.1 Å². The molecule has 1 fully saturated rings. The van der Waals surface area contributed by atoms with Gasteiger partial charge in [0.15, 0.2) is 0 Å². The number of amides is 1. The van der Waals surface area contributed by atoms with E-state index < -0.39 is 0 Å². The number of hydrogen-bond acceptors (Lipinski definition) is 4. The molecule has 124 valence electrons. The predicted molar refractivity (Wildman–Crippen MR) is 95.7 cm³/mol. The fourth-order valence-corrected chi connectivity index (χ4v) is 5.05. The summed E-state index contributed by atoms with van der Waals surface area (Å²) in [6.45, 7) is 8.87. The largest absolute Gasteiger partial charge is 0.353 e. The molecule has 0 aliphatic heterocycles.